The maximum atomic E-state index is 10.4. The molecule has 0 rings (SSSR count). The molecule has 6 nitrogen and oxygen atoms in total. The fraction of sp³-hybridized carbons (Fsp3) is 0.400. The van der Waals surface area contributed by atoms with Gasteiger partial charge in [0.25, 0.3) is 5.91 Å². The second-order valence-corrected chi connectivity index (χ2v) is 1.55. The average Bonchev–Trinajstić information content (AvgIpc) is 1.87. The molecule has 0 unspecified atom stereocenters. The molecule has 0 radical (unpaired) electrons. The van der Waals surface area contributed by atoms with Gasteiger partial charge in [-0.25, -0.2) is 4.79 Å². The molecule has 0 aromatic heterocycles. The van der Waals surface area contributed by atoms with E-state index in [9.17, 15) is 9.59 Å². The van der Waals surface area contributed by atoms with Crippen LogP contribution in [-0.4, -0.2) is 30.2 Å². The van der Waals surface area contributed by atoms with Crippen molar-refractivity contribution in [1.29, 1.82) is 5.26 Å². The predicted molar refractivity (Wildman–Crippen MR) is 32.2 cm³/mol. The summed E-state index contributed by atoms with van der Waals surface area (Å²) in [7, 11) is 0. The molecule has 6 heteroatoms. The van der Waals surface area contributed by atoms with Crippen molar-refractivity contribution in [3.8, 4) is 6.19 Å². The largest absolute Gasteiger partial charge is 0.480 e. The quantitative estimate of drug-likeness (QED) is 0.390. The second-order valence-electron chi connectivity index (χ2n) is 1.55. The molecular formula is C5H6N2O4. The molecular weight excluding hydrogens is 152 g/mol. The standard InChI is InChI=1S/C5H6N2O4/c6-3-7-4(8)1-11-2-5(9)10/h1-2H2,(H,7,8)(H,9,10). The number of amides is 1. The van der Waals surface area contributed by atoms with Gasteiger partial charge in [-0.05, 0) is 0 Å². The monoisotopic (exact) mass is 158 g/mol. The van der Waals surface area contributed by atoms with Gasteiger partial charge in [0, 0.05) is 0 Å². The Labute approximate surface area is 62.4 Å². The summed E-state index contributed by atoms with van der Waals surface area (Å²) < 4.78 is 4.35. The van der Waals surface area contributed by atoms with E-state index in [2.05, 4.69) is 4.74 Å². The lowest BCUT2D eigenvalue weighted by Crippen LogP contribution is -2.24. The van der Waals surface area contributed by atoms with Gasteiger partial charge in [-0.15, -0.1) is 0 Å². The highest BCUT2D eigenvalue weighted by molar-refractivity contribution is 5.79. The van der Waals surface area contributed by atoms with E-state index >= 15 is 0 Å². The summed E-state index contributed by atoms with van der Waals surface area (Å²) in [6.45, 7) is -0.960. The Bertz CT molecular complexity index is 195. The van der Waals surface area contributed by atoms with Gasteiger partial charge in [-0.1, -0.05) is 0 Å². The van der Waals surface area contributed by atoms with Crippen molar-refractivity contribution >= 4 is 11.9 Å². The Morgan fingerprint density at radius 1 is 1.55 bits per heavy atom. The van der Waals surface area contributed by atoms with Crippen LogP contribution in [0.2, 0.25) is 0 Å². The first kappa shape index (κ1) is 9.39. The summed E-state index contributed by atoms with van der Waals surface area (Å²) in [6, 6.07) is 0. The molecule has 0 bridgehead atoms. The number of carboxylic acids is 1. The summed E-state index contributed by atoms with van der Waals surface area (Å²) in [5.41, 5.74) is 0. The lowest BCUT2D eigenvalue weighted by molar-refractivity contribution is -0.143. The molecule has 0 aromatic rings. The second kappa shape index (κ2) is 5.20. The minimum atomic E-state index is -1.16. The number of nitriles is 1. The van der Waals surface area contributed by atoms with Crippen molar-refractivity contribution in [3.63, 3.8) is 0 Å². The van der Waals surface area contributed by atoms with Crippen LogP contribution < -0.4 is 5.32 Å². The number of aliphatic carboxylic acids is 1. The first-order chi connectivity index (χ1) is 5.16. The molecule has 0 spiro atoms. The van der Waals surface area contributed by atoms with E-state index in [1.165, 1.54) is 6.19 Å². The number of carbonyl (C=O) groups is 2. The Morgan fingerprint density at radius 3 is 2.64 bits per heavy atom. The summed E-state index contributed by atoms with van der Waals surface area (Å²) >= 11 is 0. The Kier molecular flexibility index (Phi) is 4.44. The van der Waals surface area contributed by atoms with Gasteiger partial charge in [0.15, 0.2) is 6.19 Å². The van der Waals surface area contributed by atoms with E-state index in [-0.39, 0.29) is 0 Å². The molecule has 0 saturated heterocycles. The molecule has 0 atom stereocenters. The Hall–Kier alpha value is -1.61. The number of carboxylic acid groups (broad SMARTS) is 1. The number of hydrogen-bond donors (Lipinski definition) is 2. The number of ether oxygens (including phenoxy) is 1. The summed E-state index contributed by atoms with van der Waals surface area (Å²) in [5.74, 6) is -1.82. The van der Waals surface area contributed by atoms with Crippen molar-refractivity contribution in [1.82, 2.24) is 5.32 Å². The first-order valence-corrected chi connectivity index (χ1v) is 2.64. The van der Waals surface area contributed by atoms with E-state index in [1.54, 1.807) is 5.32 Å². The molecule has 0 aliphatic rings. The third kappa shape index (κ3) is 6.27. The van der Waals surface area contributed by atoms with E-state index in [1.807, 2.05) is 0 Å². The van der Waals surface area contributed by atoms with E-state index in [0.717, 1.165) is 0 Å². The molecule has 1 amide bonds. The van der Waals surface area contributed by atoms with Crippen molar-refractivity contribution in [2.24, 2.45) is 0 Å². The molecule has 2 N–H and O–H groups in total. The highest BCUT2D eigenvalue weighted by Crippen LogP contribution is 1.74. The molecule has 0 heterocycles. The highest BCUT2D eigenvalue weighted by Gasteiger charge is 2.01. The fourth-order valence-electron chi connectivity index (χ4n) is 0.329. The zero-order valence-electron chi connectivity index (χ0n) is 5.53. The van der Waals surface area contributed by atoms with Gasteiger partial charge in [-0.3, -0.25) is 10.1 Å². The zero-order valence-corrected chi connectivity index (χ0v) is 5.53. The Morgan fingerprint density at radius 2 is 2.18 bits per heavy atom. The van der Waals surface area contributed by atoms with E-state index in [4.69, 9.17) is 10.4 Å². The van der Waals surface area contributed by atoms with Crippen molar-refractivity contribution in [2.45, 2.75) is 0 Å². The highest BCUT2D eigenvalue weighted by atomic mass is 16.5. The van der Waals surface area contributed by atoms with Crippen LogP contribution in [0.4, 0.5) is 0 Å². The third-order valence-electron chi connectivity index (χ3n) is 0.654. The summed E-state index contributed by atoms with van der Waals surface area (Å²) in [5, 5.41) is 17.7. The minimum Gasteiger partial charge on any atom is -0.480 e. The maximum absolute atomic E-state index is 10.4. The Balaban J connectivity index is 3.33. The van der Waals surface area contributed by atoms with Crippen LogP contribution in [0.15, 0.2) is 0 Å². The molecule has 60 valence electrons. The van der Waals surface area contributed by atoms with Gasteiger partial charge in [0.2, 0.25) is 0 Å². The SMILES string of the molecule is N#CNC(=O)COCC(=O)O. The van der Waals surface area contributed by atoms with Gasteiger partial charge in [0.1, 0.15) is 13.2 Å². The number of hydrogen-bond acceptors (Lipinski definition) is 4. The van der Waals surface area contributed by atoms with Crippen LogP contribution in [0.25, 0.3) is 0 Å². The van der Waals surface area contributed by atoms with Gasteiger partial charge in [-0.2, -0.15) is 5.26 Å². The smallest absolute Gasteiger partial charge is 0.329 e. The molecule has 0 fully saturated rings. The lowest BCUT2D eigenvalue weighted by atomic mass is 10.6. The topological polar surface area (TPSA) is 99.4 Å². The molecule has 0 aliphatic heterocycles. The predicted octanol–water partition coefficient (Wildman–Crippen LogP) is -1.32. The van der Waals surface area contributed by atoms with Crippen LogP contribution in [0.3, 0.4) is 0 Å². The number of rotatable bonds is 4. The molecule has 0 aliphatic carbocycles. The average molecular weight is 158 g/mol. The van der Waals surface area contributed by atoms with Gasteiger partial charge < -0.3 is 9.84 Å². The summed E-state index contributed by atoms with van der Waals surface area (Å²) in [4.78, 5) is 20.2. The zero-order chi connectivity index (χ0) is 8.69. The number of carbonyl (C=O) groups excluding carboxylic acids is 1. The first-order valence-electron chi connectivity index (χ1n) is 2.64. The number of nitrogens with one attached hydrogen (secondary N) is 1. The maximum Gasteiger partial charge on any atom is 0.329 e. The fourth-order valence-corrected chi connectivity index (χ4v) is 0.329. The van der Waals surface area contributed by atoms with Crippen LogP contribution in [0, 0.1) is 11.5 Å². The molecule has 0 aromatic carbocycles. The van der Waals surface area contributed by atoms with Crippen LogP contribution in [0.1, 0.15) is 0 Å². The van der Waals surface area contributed by atoms with Crippen molar-refractivity contribution in [3.05, 3.63) is 0 Å². The van der Waals surface area contributed by atoms with Crippen LogP contribution in [0.5, 0.6) is 0 Å². The summed E-state index contributed by atoms with van der Waals surface area (Å²) in [6.07, 6.45) is 1.38. The van der Waals surface area contributed by atoms with Gasteiger partial charge in [0.05, 0.1) is 0 Å². The minimum absolute atomic E-state index is 0.417. The van der Waals surface area contributed by atoms with E-state index in [0.29, 0.717) is 0 Å². The van der Waals surface area contributed by atoms with Crippen LogP contribution >= 0.6 is 0 Å². The molecule has 0 saturated carbocycles. The van der Waals surface area contributed by atoms with Crippen molar-refractivity contribution < 1.29 is 19.4 Å². The van der Waals surface area contributed by atoms with Gasteiger partial charge >= 0.3 is 5.97 Å². The lowest BCUT2D eigenvalue weighted by Gasteiger charge is -1.96. The third-order valence-corrected chi connectivity index (χ3v) is 0.654. The normalized spacial score (nSPS) is 8.27. The van der Waals surface area contributed by atoms with Crippen molar-refractivity contribution in [2.75, 3.05) is 13.2 Å². The van der Waals surface area contributed by atoms with E-state index < -0.39 is 25.1 Å². The number of nitrogens with zero attached hydrogens (tertiary/aromatic N) is 1. The van der Waals surface area contributed by atoms with Crippen LogP contribution in [-0.2, 0) is 14.3 Å². The molecule has 11 heavy (non-hydrogen) atoms.